The average molecular weight is 419 g/mol. The zero-order valence-electron chi connectivity index (χ0n) is 17.3. The second-order valence-electron chi connectivity index (χ2n) is 6.54. The summed E-state index contributed by atoms with van der Waals surface area (Å²) in [5.41, 5.74) is 1.98. The fourth-order valence-corrected chi connectivity index (χ4v) is 4.12. The Morgan fingerprint density at radius 3 is 2.66 bits per heavy atom. The van der Waals surface area contributed by atoms with E-state index in [0.717, 1.165) is 24.2 Å². The lowest BCUT2D eigenvalue weighted by Crippen LogP contribution is -2.29. The second kappa shape index (κ2) is 9.21. The third-order valence-corrected chi connectivity index (χ3v) is 5.61. The number of unbranched alkanes of at least 4 members (excludes halogenated alkanes) is 1. The van der Waals surface area contributed by atoms with E-state index in [2.05, 4.69) is 22.3 Å². The fourth-order valence-electron chi connectivity index (χ4n) is 3.21. The molecule has 8 nitrogen and oxygen atoms in total. The van der Waals surface area contributed by atoms with Gasteiger partial charge in [-0.15, -0.1) is 5.10 Å². The van der Waals surface area contributed by atoms with E-state index in [4.69, 9.17) is 14.2 Å². The van der Waals surface area contributed by atoms with Crippen LogP contribution in [0, 0.1) is 0 Å². The summed E-state index contributed by atoms with van der Waals surface area (Å²) in [6, 6.07) is 5.06. The maximum absolute atomic E-state index is 12.6. The molecule has 156 valence electrons. The smallest absolute Gasteiger partial charge is 0.338 e. The number of fused-ring (bicyclic) bond motifs is 1. The summed E-state index contributed by atoms with van der Waals surface area (Å²) in [6.07, 6.45) is 2.20. The lowest BCUT2D eigenvalue weighted by molar-refractivity contribution is -0.136. The van der Waals surface area contributed by atoms with Gasteiger partial charge in [0.05, 0.1) is 26.9 Å². The van der Waals surface area contributed by atoms with Crippen molar-refractivity contribution in [3.63, 3.8) is 0 Å². The molecule has 1 aliphatic rings. The molecule has 0 bridgehead atoms. The number of allylic oxidation sites excluding steroid dienone is 1. The number of hydrogen-bond donors (Lipinski definition) is 1. The predicted molar refractivity (Wildman–Crippen MR) is 112 cm³/mol. The number of hydrogen-bond acceptors (Lipinski definition) is 8. The number of nitrogens with zero attached hydrogens (tertiary/aromatic N) is 3. The first-order valence-corrected chi connectivity index (χ1v) is 10.4. The second-order valence-corrected chi connectivity index (χ2v) is 7.60. The molecule has 9 heteroatoms. The maximum Gasteiger partial charge on any atom is 0.338 e. The van der Waals surface area contributed by atoms with E-state index in [1.807, 2.05) is 25.1 Å². The van der Waals surface area contributed by atoms with Gasteiger partial charge in [0.1, 0.15) is 6.04 Å². The Morgan fingerprint density at radius 1 is 1.24 bits per heavy atom. The molecule has 1 aromatic heterocycles. The van der Waals surface area contributed by atoms with Gasteiger partial charge in [-0.05, 0) is 31.0 Å². The Hall–Kier alpha value is -2.68. The largest absolute Gasteiger partial charge is 0.493 e. The normalized spacial score (nSPS) is 15.6. The van der Waals surface area contributed by atoms with Crippen LogP contribution in [0.15, 0.2) is 34.6 Å². The van der Waals surface area contributed by atoms with Crippen molar-refractivity contribution in [1.82, 2.24) is 14.8 Å². The molecule has 2 heterocycles. The molecule has 0 saturated heterocycles. The summed E-state index contributed by atoms with van der Waals surface area (Å²) in [6.45, 7) is 3.98. The summed E-state index contributed by atoms with van der Waals surface area (Å²) in [5.74, 6) is 2.30. The van der Waals surface area contributed by atoms with Crippen molar-refractivity contribution in [3.05, 3.63) is 35.0 Å². The van der Waals surface area contributed by atoms with Crippen molar-refractivity contribution < 1.29 is 19.0 Å². The van der Waals surface area contributed by atoms with Gasteiger partial charge >= 0.3 is 5.97 Å². The van der Waals surface area contributed by atoms with Gasteiger partial charge in [-0.25, -0.2) is 9.48 Å². The van der Waals surface area contributed by atoms with Gasteiger partial charge in [0.15, 0.2) is 11.5 Å². The number of rotatable bonds is 8. The zero-order chi connectivity index (χ0) is 21.0. The van der Waals surface area contributed by atoms with E-state index in [1.165, 1.54) is 7.11 Å². The summed E-state index contributed by atoms with van der Waals surface area (Å²) in [7, 11) is 4.54. The number of benzene rings is 1. The van der Waals surface area contributed by atoms with Gasteiger partial charge in [0.25, 0.3) is 0 Å². The van der Waals surface area contributed by atoms with E-state index < -0.39 is 12.0 Å². The Balaban J connectivity index is 2.09. The first-order chi connectivity index (χ1) is 14.0. The van der Waals surface area contributed by atoms with E-state index >= 15 is 0 Å². The van der Waals surface area contributed by atoms with Crippen LogP contribution in [-0.4, -0.2) is 47.8 Å². The molecule has 2 aromatic rings. The van der Waals surface area contributed by atoms with Crippen molar-refractivity contribution in [1.29, 1.82) is 0 Å². The zero-order valence-corrected chi connectivity index (χ0v) is 18.1. The number of esters is 1. The molecule has 0 radical (unpaired) electrons. The van der Waals surface area contributed by atoms with Crippen molar-refractivity contribution in [2.75, 3.05) is 32.4 Å². The van der Waals surface area contributed by atoms with Crippen LogP contribution in [0.25, 0.3) is 0 Å². The van der Waals surface area contributed by atoms with Gasteiger partial charge in [-0.1, -0.05) is 31.2 Å². The molecule has 1 aliphatic heterocycles. The van der Waals surface area contributed by atoms with Crippen LogP contribution in [0.4, 0.5) is 5.95 Å². The van der Waals surface area contributed by atoms with Crippen molar-refractivity contribution in [2.24, 2.45) is 0 Å². The SMILES string of the molecule is CCCCSc1nc2n(n1)C(c1ccc(OC)c(OC)c1)C(C(=O)OC)=C(C)N2. The number of carbonyl (C=O) groups excluding carboxylic acids is 1. The van der Waals surface area contributed by atoms with Gasteiger partial charge in [0, 0.05) is 11.4 Å². The predicted octanol–water partition coefficient (Wildman–Crippen LogP) is 3.65. The van der Waals surface area contributed by atoms with E-state index in [0.29, 0.717) is 33.9 Å². The third-order valence-electron chi connectivity index (χ3n) is 4.69. The lowest BCUT2D eigenvalue weighted by Gasteiger charge is -2.28. The molecule has 1 unspecified atom stereocenters. The molecule has 0 saturated carbocycles. The highest BCUT2D eigenvalue weighted by Crippen LogP contribution is 2.39. The Kier molecular flexibility index (Phi) is 6.68. The molecule has 0 amide bonds. The molecule has 0 fully saturated rings. The van der Waals surface area contributed by atoms with Gasteiger partial charge in [-0.3, -0.25) is 0 Å². The van der Waals surface area contributed by atoms with Gasteiger partial charge in [-0.2, -0.15) is 4.98 Å². The molecule has 0 spiro atoms. The molecule has 3 rings (SSSR count). The number of aromatic nitrogens is 3. The topological polar surface area (TPSA) is 87.5 Å². The van der Waals surface area contributed by atoms with Crippen LogP contribution in [0.3, 0.4) is 0 Å². The quantitative estimate of drug-likeness (QED) is 0.395. The Labute approximate surface area is 174 Å². The van der Waals surface area contributed by atoms with E-state index in [1.54, 1.807) is 30.7 Å². The number of thioether (sulfide) groups is 1. The Bertz CT molecular complexity index is 925. The van der Waals surface area contributed by atoms with Gasteiger partial charge < -0.3 is 19.5 Å². The minimum Gasteiger partial charge on any atom is -0.493 e. The number of carbonyl (C=O) groups is 1. The minimum atomic E-state index is -0.494. The monoisotopic (exact) mass is 418 g/mol. The molecular weight excluding hydrogens is 392 g/mol. The van der Waals surface area contributed by atoms with Gasteiger partial charge in [0.2, 0.25) is 11.1 Å². The van der Waals surface area contributed by atoms with Crippen molar-refractivity contribution in [3.8, 4) is 11.5 Å². The summed E-state index contributed by atoms with van der Waals surface area (Å²) < 4.78 is 17.6. The number of methoxy groups -OCH3 is 3. The highest BCUT2D eigenvalue weighted by molar-refractivity contribution is 7.99. The molecule has 29 heavy (non-hydrogen) atoms. The summed E-state index contributed by atoms with van der Waals surface area (Å²) in [5, 5.41) is 8.53. The van der Waals surface area contributed by atoms with Crippen LogP contribution in [0.1, 0.15) is 38.3 Å². The first kappa shape index (κ1) is 21.0. The number of ether oxygens (including phenoxy) is 3. The highest BCUT2D eigenvalue weighted by atomic mass is 32.2. The maximum atomic E-state index is 12.6. The minimum absolute atomic E-state index is 0.420. The van der Waals surface area contributed by atoms with E-state index in [-0.39, 0.29) is 0 Å². The molecule has 1 N–H and O–H groups in total. The highest BCUT2D eigenvalue weighted by Gasteiger charge is 2.35. The Morgan fingerprint density at radius 2 is 2.00 bits per heavy atom. The third kappa shape index (κ3) is 4.19. The summed E-state index contributed by atoms with van der Waals surface area (Å²) in [4.78, 5) is 17.2. The summed E-state index contributed by atoms with van der Waals surface area (Å²) >= 11 is 1.60. The first-order valence-electron chi connectivity index (χ1n) is 9.41. The molecule has 1 aromatic carbocycles. The molecular formula is C20H26N4O4S. The average Bonchev–Trinajstić information content (AvgIpc) is 3.14. The van der Waals surface area contributed by atoms with Crippen LogP contribution in [0.5, 0.6) is 11.5 Å². The van der Waals surface area contributed by atoms with Crippen LogP contribution >= 0.6 is 11.8 Å². The van der Waals surface area contributed by atoms with Crippen molar-refractivity contribution >= 4 is 23.7 Å². The van der Waals surface area contributed by atoms with E-state index in [9.17, 15) is 4.79 Å². The molecule has 0 aliphatic carbocycles. The van der Waals surface area contributed by atoms with Crippen LogP contribution in [-0.2, 0) is 9.53 Å². The fraction of sp³-hybridized carbons (Fsp3) is 0.450. The standard InChI is InChI=1S/C20H26N4O4S/c1-6-7-10-29-20-22-19-21-12(2)16(18(25)28-5)17(24(19)23-20)13-8-9-14(26-3)15(11-13)27-4/h8-9,11,17H,6-7,10H2,1-5H3,(H,21,22,23). The lowest BCUT2D eigenvalue weighted by atomic mass is 9.95. The van der Waals surface area contributed by atoms with Crippen LogP contribution < -0.4 is 14.8 Å². The number of anilines is 1. The van der Waals surface area contributed by atoms with Crippen molar-refractivity contribution in [2.45, 2.75) is 37.9 Å². The molecule has 1 atom stereocenters. The number of nitrogens with one attached hydrogen (secondary N) is 1. The van der Waals surface area contributed by atoms with Crippen LogP contribution in [0.2, 0.25) is 0 Å².